The quantitative estimate of drug-likeness (QED) is 0.846. The number of nitrogens with one attached hydrogen (secondary N) is 1. The first kappa shape index (κ1) is 19.9. The Morgan fingerprint density at radius 1 is 1.11 bits per heavy atom. The number of amides is 2. The summed E-state index contributed by atoms with van der Waals surface area (Å²) in [7, 11) is 0. The molecule has 0 unspecified atom stereocenters. The molecule has 5 heteroatoms. The molecule has 0 radical (unpaired) electrons. The molecule has 3 rings (SSSR count). The molecule has 2 aromatic rings. The highest BCUT2D eigenvalue weighted by molar-refractivity contribution is 5.96. The maximum absolute atomic E-state index is 12.9. The topological polar surface area (TPSA) is 58.6 Å². The maximum Gasteiger partial charge on any atom is 0.253 e. The summed E-state index contributed by atoms with van der Waals surface area (Å²) in [5.74, 6) is 0.547. The molecule has 1 atom stereocenters. The molecule has 5 nitrogen and oxygen atoms in total. The summed E-state index contributed by atoms with van der Waals surface area (Å²) in [5, 5.41) is 2.97. The SMILES string of the molecule is CCOc1ccc(NC(=O)[C@@H]2CCCN(C(=O)c3cc(C)cc(C)c3)C2)cc1. The van der Waals surface area contributed by atoms with Crippen LogP contribution in [0.3, 0.4) is 0 Å². The van der Waals surface area contributed by atoms with Gasteiger partial charge in [0.15, 0.2) is 0 Å². The number of benzene rings is 2. The van der Waals surface area contributed by atoms with Crippen molar-refractivity contribution < 1.29 is 14.3 Å². The third-order valence-electron chi connectivity index (χ3n) is 4.98. The van der Waals surface area contributed by atoms with E-state index in [1.807, 2.05) is 57.2 Å². The molecular weight excluding hydrogens is 352 g/mol. The molecule has 1 saturated heterocycles. The summed E-state index contributed by atoms with van der Waals surface area (Å²) in [4.78, 5) is 27.4. The molecule has 0 saturated carbocycles. The molecule has 1 aliphatic rings. The Morgan fingerprint density at radius 2 is 1.79 bits per heavy atom. The van der Waals surface area contributed by atoms with Crippen molar-refractivity contribution in [3.05, 3.63) is 59.2 Å². The van der Waals surface area contributed by atoms with Gasteiger partial charge in [0.05, 0.1) is 12.5 Å². The lowest BCUT2D eigenvalue weighted by Gasteiger charge is -2.32. The molecule has 0 bridgehead atoms. The number of rotatable bonds is 5. The first-order valence-electron chi connectivity index (χ1n) is 9.87. The fourth-order valence-electron chi connectivity index (χ4n) is 3.70. The van der Waals surface area contributed by atoms with Gasteiger partial charge in [-0.05, 0) is 70.0 Å². The molecule has 0 aromatic heterocycles. The van der Waals surface area contributed by atoms with Crippen LogP contribution in [0.15, 0.2) is 42.5 Å². The van der Waals surface area contributed by atoms with Crippen molar-refractivity contribution in [2.45, 2.75) is 33.6 Å². The lowest BCUT2D eigenvalue weighted by molar-refractivity contribution is -0.121. The summed E-state index contributed by atoms with van der Waals surface area (Å²) in [6, 6.07) is 13.2. The fraction of sp³-hybridized carbons (Fsp3) is 0.391. The number of likely N-dealkylation sites (tertiary alicyclic amines) is 1. The number of ether oxygens (including phenoxy) is 1. The Morgan fingerprint density at radius 3 is 2.43 bits per heavy atom. The van der Waals surface area contributed by atoms with E-state index in [-0.39, 0.29) is 17.7 Å². The first-order valence-corrected chi connectivity index (χ1v) is 9.87. The second-order valence-electron chi connectivity index (χ2n) is 7.41. The minimum Gasteiger partial charge on any atom is -0.494 e. The number of hydrogen-bond donors (Lipinski definition) is 1. The Kier molecular flexibility index (Phi) is 6.34. The molecule has 2 aromatic carbocycles. The summed E-state index contributed by atoms with van der Waals surface area (Å²) in [6.45, 7) is 7.68. The van der Waals surface area contributed by atoms with Gasteiger partial charge in [0.25, 0.3) is 5.91 Å². The summed E-state index contributed by atoms with van der Waals surface area (Å²) in [5.41, 5.74) is 3.59. The Hall–Kier alpha value is -2.82. The van der Waals surface area contributed by atoms with Crippen LogP contribution in [0.5, 0.6) is 5.75 Å². The van der Waals surface area contributed by atoms with Gasteiger partial charge in [-0.1, -0.05) is 17.2 Å². The second-order valence-corrected chi connectivity index (χ2v) is 7.41. The van der Waals surface area contributed by atoms with Crippen LogP contribution >= 0.6 is 0 Å². The van der Waals surface area contributed by atoms with E-state index in [1.165, 1.54) is 0 Å². The van der Waals surface area contributed by atoms with Gasteiger partial charge < -0.3 is 15.0 Å². The zero-order chi connectivity index (χ0) is 20.1. The average Bonchev–Trinajstić information content (AvgIpc) is 2.68. The minimum atomic E-state index is -0.199. The molecule has 2 amide bonds. The number of anilines is 1. The van der Waals surface area contributed by atoms with Gasteiger partial charge in [-0.2, -0.15) is 0 Å². The van der Waals surface area contributed by atoms with E-state index in [0.717, 1.165) is 35.4 Å². The summed E-state index contributed by atoms with van der Waals surface area (Å²) < 4.78 is 5.42. The minimum absolute atomic E-state index is 0.00497. The van der Waals surface area contributed by atoms with E-state index < -0.39 is 0 Å². The van der Waals surface area contributed by atoms with Crippen LogP contribution < -0.4 is 10.1 Å². The Labute approximate surface area is 166 Å². The standard InChI is InChI=1S/C23H28N2O3/c1-4-28-21-9-7-20(8-10-21)24-22(26)18-6-5-11-25(15-18)23(27)19-13-16(2)12-17(3)14-19/h7-10,12-14,18H,4-6,11,15H2,1-3H3,(H,24,26)/t18-/m1/s1. The van der Waals surface area contributed by atoms with Crippen molar-refractivity contribution in [3.8, 4) is 5.75 Å². The molecule has 0 aliphatic carbocycles. The van der Waals surface area contributed by atoms with Crippen LogP contribution in [0, 0.1) is 19.8 Å². The Bertz CT molecular complexity index is 825. The highest BCUT2D eigenvalue weighted by Gasteiger charge is 2.29. The van der Waals surface area contributed by atoms with Gasteiger partial charge in [0, 0.05) is 24.3 Å². The van der Waals surface area contributed by atoms with E-state index in [4.69, 9.17) is 4.74 Å². The predicted octanol–water partition coefficient (Wildman–Crippen LogP) is 4.19. The third kappa shape index (κ3) is 4.91. The highest BCUT2D eigenvalue weighted by atomic mass is 16.5. The fourth-order valence-corrected chi connectivity index (χ4v) is 3.70. The smallest absolute Gasteiger partial charge is 0.253 e. The zero-order valence-electron chi connectivity index (χ0n) is 16.8. The van der Waals surface area contributed by atoms with Gasteiger partial charge >= 0.3 is 0 Å². The van der Waals surface area contributed by atoms with E-state index >= 15 is 0 Å². The lowest BCUT2D eigenvalue weighted by atomic mass is 9.96. The largest absolute Gasteiger partial charge is 0.494 e. The number of carbonyl (C=O) groups is 2. The van der Waals surface area contributed by atoms with Gasteiger partial charge in [-0.25, -0.2) is 0 Å². The maximum atomic E-state index is 12.9. The van der Waals surface area contributed by atoms with Crippen molar-refractivity contribution in [3.63, 3.8) is 0 Å². The van der Waals surface area contributed by atoms with Gasteiger partial charge in [-0.15, -0.1) is 0 Å². The number of piperidine rings is 1. The van der Waals surface area contributed by atoms with Crippen LogP contribution in [-0.2, 0) is 4.79 Å². The normalized spacial score (nSPS) is 16.5. The zero-order valence-corrected chi connectivity index (χ0v) is 16.8. The van der Waals surface area contributed by atoms with Crippen LogP contribution in [0.2, 0.25) is 0 Å². The van der Waals surface area contributed by atoms with E-state index in [9.17, 15) is 9.59 Å². The molecule has 28 heavy (non-hydrogen) atoms. The highest BCUT2D eigenvalue weighted by Crippen LogP contribution is 2.22. The van der Waals surface area contributed by atoms with Crippen molar-refractivity contribution in [1.29, 1.82) is 0 Å². The van der Waals surface area contributed by atoms with Crippen molar-refractivity contribution in [1.82, 2.24) is 4.90 Å². The molecule has 1 N–H and O–H groups in total. The summed E-state index contributed by atoms with van der Waals surface area (Å²) >= 11 is 0. The van der Waals surface area contributed by atoms with Crippen molar-refractivity contribution in [2.24, 2.45) is 5.92 Å². The van der Waals surface area contributed by atoms with Gasteiger partial charge in [-0.3, -0.25) is 9.59 Å². The van der Waals surface area contributed by atoms with Crippen molar-refractivity contribution >= 4 is 17.5 Å². The first-order chi connectivity index (χ1) is 13.5. The average molecular weight is 380 g/mol. The molecule has 1 heterocycles. The molecule has 148 valence electrons. The molecule has 1 fully saturated rings. The number of carbonyl (C=O) groups excluding carboxylic acids is 2. The molecule has 1 aliphatic heterocycles. The van der Waals surface area contributed by atoms with Crippen LogP contribution in [-0.4, -0.2) is 36.4 Å². The van der Waals surface area contributed by atoms with E-state index in [0.29, 0.717) is 25.3 Å². The molecule has 0 spiro atoms. The Balaban J connectivity index is 1.63. The van der Waals surface area contributed by atoms with Crippen LogP contribution in [0.4, 0.5) is 5.69 Å². The van der Waals surface area contributed by atoms with E-state index in [2.05, 4.69) is 11.4 Å². The molecular formula is C23H28N2O3. The van der Waals surface area contributed by atoms with Gasteiger partial charge in [0.1, 0.15) is 5.75 Å². The van der Waals surface area contributed by atoms with Crippen molar-refractivity contribution in [2.75, 3.05) is 25.0 Å². The van der Waals surface area contributed by atoms with Gasteiger partial charge in [0.2, 0.25) is 5.91 Å². The lowest BCUT2D eigenvalue weighted by Crippen LogP contribution is -2.43. The summed E-state index contributed by atoms with van der Waals surface area (Å²) in [6.07, 6.45) is 1.62. The van der Waals surface area contributed by atoms with Crippen LogP contribution in [0.25, 0.3) is 0 Å². The monoisotopic (exact) mass is 380 g/mol. The van der Waals surface area contributed by atoms with E-state index in [1.54, 1.807) is 4.90 Å². The third-order valence-corrected chi connectivity index (χ3v) is 4.98. The second kappa shape index (κ2) is 8.91. The van der Waals surface area contributed by atoms with Crippen LogP contribution in [0.1, 0.15) is 41.3 Å². The number of aryl methyl sites for hydroxylation is 2. The number of nitrogens with zero attached hydrogens (tertiary/aromatic N) is 1. The number of hydrogen-bond acceptors (Lipinski definition) is 3. The predicted molar refractivity (Wildman–Crippen MR) is 111 cm³/mol.